The monoisotopic (exact) mass is 292 g/mol. The molecule has 0 aromatic carbocycles. The topological polar surface area (TPSA) is 35.5 Å². The maximum atomic E-state index is 12.2. The fraction of sp³-hybridized carbons (Fsp3) is 0.857. The van der Waals surface area contributed by atoms with Crippen LogP contribution in [0.4, 0.5) is 13.2 Å². The van der Waals surface area contributed by atoms with Crippen molar-refractivity contribution in [2.45, 2.75) is 43.9 Å². The smallest absolute Gasteiger partial charge is 0.390 e. The number of aliphatic hydroxyl groups excluding tert-OH is 1. The molecular weight excluding hydrogens is 269 g/mol. The van der Waals surface area contributed by atoms with E-state index in [1.54, 1.807) is 0 Å². The number of piperidine rings is 1. The minimum atomic E-state index is -4.05. The van der Waals surface area contributed by atoms with Gasteiger partial charge in [0.25, 0.3) is 0 Å². The van der Waals surface area contributed by atoms with Crippen LogP contribution in [0.25, 0.3) is 0 Å². The summed E-state index contributed by atoms with van der Waals surface area (Å²) in [6, 6.07) is 0.683. The number of rotatable bonds is 5. The molecule has 0 unspecified atom stereocenters. The number of nitrogens with zero attached hydrogens (tertiary/aromatic N) is 1. The lowest BCUT2D eigenvalue weighted by Gasteiger charge is -2.34. The van der Waals surface area contributed by atoms with Gasteiger partial charge in [0.1, 0.15) is 0 Å². The molecule has 3 nitrogen and oxygen atoms in total. The zero-order valence-corrected chi connectivity index (χ0v) is 11.6. The summed E-state index contributed by atoms with van der Waals surface area (Å²) >= 11 is 0. The predicted octanol–water partition coefficient (Wildman–Crippen LogP) is 1.93. The van der Waals surface area contributed by atoms with Crippen molar-refractivity contribution in [2.75, 3.05) is 26.2 Å². The molecule has 1 heterocycles. The van der Waals surface area contributed by atoms with Gasteiger partial charge in [-0.05, 0) is 32.4 Å². The highest BCUT2D eigenvalue weighted by atomic mass is 19.4. The van der Waals surface area contributed by atoms with Gasteiger partial charge < -0.3 is 15.3 Å². The van der Waals surface area contributed by atoms with E-state index in [0.717, 1.165) is 32.4 Å². The molecule has 1 aliphatic carbocycles. The zero-order chi connectivity index (χ0) is 14.6. The van der Waals surface area contributed by atoms with E-state index in [2.05, 4.69) is 11.4 Å². The van der Waals surface area contributed by atoms with Crippen LogP contribution in [-0.4, -0.2) is 54.5 Å². The first kappa shape index (κ1) is 15.8. The summed E-state index contributed by atoms with van der Waals surface area (Å²) in [4.78, 5) is 1.90. The predicted molar refractivity (Wildman–Crippen MR) is 71.4 cm³/mol. The Morgan fingerprint density at radius 2 is 1.90 bits per heavy atom. The second-order valence-electron chi connectivity index (χ2n) is 5.82. The molecule has 1 fully saturated rings. The van der Waals surface area contributed by atoms with Crippen molar-refractivity contribution in [1.29, 1.82) is 0 Å². The van der Waals surface area contributed by atoms with Crippen molar-refractivity contribution < 1.29 is 18.3 Å². The molecule has 0 aromatic heterocycles. The summed E-state index contributed by atoms with van der Waals surface area (Å²) in [6.07, 6.45) is 2.08. The van der Waals surface area contributed by atoms with E-state index in [1.165, 1.54) is 0 Å². The average Bonchev–Trinajstić information content (AvgIpc) is 2.85. The van der Waals surface area contributed by atoms with Gasteiger partial charge in [-0.15, -0.1) is 0 Å². The van der Waals surface area contributed by atoms with Gasteiger partial charge >= 0.3 is 6.18 Å². The summed E-state index contributed by atoms with van der Waals surface area (Å²) in [5.74, 6) is 0.249. The number of hydrogen-bond donors (Lipinski definition) is 2. The van der Waals surface area contributed by atoms with Crippen LogP contribution < -0.4 is 5.32 Å². The molecule has 0 bridgehead atoms. The van der Waals surface area contributed by atoms with Crippen LogP contribution in [0.2, 0.25) is 0 Å². The molecule has 0 saturated carbocycles. The second kappa shape index (κ2) is 6.91. The summed E-state index contributed by atoms with van der Waals surface area (Å²) in [5.41, 5.74) is 0. The molecule has 2 aliphatic rings. The standard InChI is InChI=1S/C14H23F3N2O/c15-14(16,17)5-8-19-6-3-12(4-7-19)18-13-2-1-11(9-13)10-20/h1-2,11-13,18,20H,3-10H2/t11-,13+/m0/s1. The van der Waals surface area contributed by atoms with Crippen molar-refractivity contribution in [3.05, 3.63) is 12.2 Å². The van der Waals surface area contributed by atoms with Crippen LogP contribution in [0.1, 0.15) is 25.7 Å². The van der Waals surface area contributed by atoms with Crippen molar-refractivity contribution in [1.82, 2.24) is 10.2 Å². The van der Waals surface area contributed by atoms with Crippen molar-refractivity contribution in [2.24, 2.45) is 5.92 Å². The van der Waals surface area contributed by atoms with Crippen molar-refractivity contribution >= 4 is 0 Å². The molecule has 0 amide bonds. The van der Waals surface area contributed by atoms with Crippen molar-refractivity contribution in [3.8, 4) is 0 Å². The van der Waals surface area contributed by atoms with Gasteiger partial charge in [-0.1, -0.05) is 12.2 Å². The van der Waals surface area contributed by atoms with E-state index in [0.29, 0.717) is 12.1 Å². The largest absolute Gasteiger partial charge is 0.396 e. The van der Waals surface area contributed by atoms with E-state index in [1.807, 2.05) is 11.0 Å². The highest BCUT2D eigenvalue weighted by Crippen LogP contribution is 2.22. The van der Waals surface area contributed by atoms with E-state index in [9.17, 15) is 13.2 Å². The van der Waals surface area contributed by atoms with Crippen LogP contribution in [0, 0.1) is 5.92 Å². The fourth-order valence-electron chi connectivity index (χ4n) is 2.94. The Balaban J connectivity index is 1.64. The van der Waals surface area contributed by atoms with Gasteiger partial charge in [-0.25, -0.2) is 0 Å². The Kier molecular flexibility index (Phi) is 5.46. The minimum absolute atomic E-state index is 0.117. The third kappa shape index (κ3) is 5.07. The first-order valence-corrected chi connectivity index (χ1v) is 7.30. The average molecular weight is 292 g/mol. The van der Waals surface area contributed by atoms with Crippen LogP contribution in [-0.2, 0) is 0 Å². The van der Waals surface area contributed by atoms with Gasteiger partial charge in [0.15, 0.2) is 0 Å². The highest BCUT2D eigenvalue weighted by molar-refractivity contribution is 5.06. The van der Waals surface area contributed by atoms with Crippen molar-refractivity contribution in [3.63, 3.8) is 0 Å². The number of halogens is 3. The Morgan fingerprint density at radius 1 is 1.20 bits per heavy atom. The van der Waals surface area contributed by atoms with Gasteiger partial charge in [0.2, 0.25) is 0 Å². The van der Waals surface area contributed by atoms with Crippen LogP contribution in [0.3, 0.4) is 0 Å². The summed E-state index contributed by atoms with van der Waals surface area (Å²) in [7, 11) is 0. The van der Waals surface area contributed by atoms with E-state index in [4.69, 9.17) is 5.11 Å². The number of alkyl halides is 3. The molecule has 1 saturated heterocycles. The minimum Gasteiger partial charge on any atom is -0.396 e. The molecule has 20 heavy (non-hydrogen) atoms. The van der Waals surface area contributed by atoms with Crippen LogP contribution in [0.5, 0.6) is 0 Å². The summed E-state index contributed by atoms with van der Waals surface area (Å²) < 4.78 is 36.5. The molecule has 116 valence electrons. The van der Waals surface area contributed by atoms with Gasteiger partial charge in [0.05, 0.1) is 6.42 Å². The van der Waals surface area contributed by atoms with Crippen LogP contribution in [0.15, 0.2) is 12.2 Å². The second-order valence-corrected chi connectivity index (χ2v) is 5.82. The maximum absolute atomic E-state index is 12.2. The molecule has 0 aromatic rings. The quantitative estimate of drug-likeness (QED) is 0.760. The third-order valence-corrected chi connectivity index (χ3v) is 4.16. The number of hydrogen-bond acceptors (Lipinski definition) is 3. The number of nitrogens with one attached hydrogen (secondary N) is 1. The highest BCUT2D eigenvalue weighted by Gasteiger charge is 2.29. The molecule has 2 N–H and O–H groups in total. The molecule has 0 spiro atoms. The fourth-order valence-corrected chi connectivity index (χ4v) is 2.94. The lowest BCUT2D eigenvalue weighted by atomic mass is 10.0. The zero-order valence-electron chi connectivity index (χ0n) is 11.6. The lowest BCUT2D eigenvalue weighted by Crippen LogP contribution is -2.46. The van der Waals surface area contributed by atoms with Gasteiger partial charge in [0, 0.05) is 31.2 Å². The lowest BCUT2D eigenvalue weighted by molar-refractivity contribution is -0.138. The van der Waals surface area contributed by atoms with Gasteiger partial charge in [-0.3, -0.25) is 0 Å². The molecule has 2 atom stereocenters. The Bertz CT molecular complexity index is 325. The molecule has 0 radical (unpaired) electrons. The molecule has 2 rings (SSSR count). The third-order valence-electron chi connectivity index (χ3n) is 4.16. The van der Waals surface area contributed by atoms with Crippen LogP contribution >= 0.6 is 0 Å². The Morgan fingerprint density at radius 3 is 2.45 bits per heavy atom. The van der Waals surface area contributed by atoms with E-state index < -0.39 is 12.6 Å². The number of likely N-dealkylation sites (tertiary alicyclic amines) is 1. The maximum Gasteiger partial charge on any atom is 0.390 e. The molecule has 6 heteroatoms. The number of aliphatic hydroxyl groups is 1. The van der Waals surface area contributed by atoms with Gasteiger partial charge in [-0.2, -0.15) is 13.2 Å². The van der Waals surface area contributed by atoms with E-state index in [-0.39, 0.29) is 19.1 Å². The molecular formula is C14H23F3N2O. The first-order chi connectivity index (χ1) is 9.46. The SMILES string of the molecule is OC[C@H]1C=C[C@@H](NC2CCN(CCC(F)(F)F)CC2)C1. The summed E-state index contributed by atoms with van der Waals surface area (Å²) in [6.45, 7) is 1.76. The van der Waals surface area contributed by atoms with E-state index >= 15 is 0 Å². The first-order valence-electron chi connectivity index (χ1n) is 7.30. The summed E-state index contributed by atoms with van der Waals surface area (Å²) in [5, 5.41) is 12.6. The Labute approximate surface area is 117 Å². The molecule has 1 aliphatic heterocycles. The normalized spacial score (nSPS) is 29.2. The Hall–Kier alpha value is -0.590.